The Labute approximate surface area is 207 Å². The summed E-state index contributed by atoms with van der Waals surface area (Å²) in [5, 5.41) is 3.72. The molecule has 3 aromatic rings. The zero-order valence-electron chi connectivity index (χ0n) is 17.3. The third-order valence-corrected chi connectivity index (χ3v) is 7.52. The molecule has 1 aliphatic rings. The summed E-state index contributed by atoms with van der Waals surface area (Å²) < 4.78 is 28.6. The molecule has 4 rings (SSSR count). The monoisotopic (exact) mass is 523 g/mol. The van der Waals surface area contributed by atoms with Crippen molar-refractivity contribution < 1.29 is 13.2 Å². The lowest BCUT2D eigenvalue weighted by molar-refractivity contribution is 0.102. The molecule has 1 heterocycles. The molecule has 0 saturated carbocycles. The summed E-state index contributed by atoms with van der Waals surface area (Å²) in [6.45, 7) is 1.62. The number of nitrogens with zero attached hydrogens (tertiary/aromatic N) is 1. The lowest BCUT2D eigenvalue weighted by Gasteiger charge is -2.23. The Kier molecular flexibility index (Phi) is 7.05. The smallest absolute Gasteiger partial charge is 0.261 e. The van der Waals surface area contributed by atoms with Crippen LogP contribution in [0.3, 0.4) is 0 Å². The van der Waals surface area contributed by atoms with Gasteiger partial charge in [0.15, 0.2) is 0 Å². The molecule has 10 heteroatoms. The van der Waals surface area contributed by atoms with E-state index in [4.69, 9.17) is 34.8 Å². The molecular formula is C23H20Cl3N3O3S. The van der Waals surface area contributed by atoms with E-state index in [0.29, 0.717) is 16.4 Å². The largest absolute Gasteiger partial charge is 0.370 e. The number of amides is 1. The minimum absolute atomic E-state index is 0.000882. The predicted molar refractivity (Wildman–Crippen MR) is 135 cm³/mol. The number of hydrogen-bond acceptors (Lipinski definition) is 4. The standard InChI is InChI=1S/C23H20Cl3N3O3S/c24-15-6-8-16(9-7-15)28-33(31,32)17-10-11-21(29-12-1-2-13-29)20(14-17)27-23(30)22-18(25)4-3-5-19(22)26/h3-11,14,28H,1-2,12-13H2,(H,27,30). The molecule has 0 bridgehead atoms. The average Bonchev–Trinajstić information content (AvgIpc) is 3.30. The van der Waals surface area contributed by atoms with E-state index in [1.807, 2.05) is 0 Å². The molecule has 0 atom stereocenters. The molecule has 0 aromatic heterocycles. The van der Waals surface area contributed by atoms with Crippen molar-refractivity contribution in [3.05, 3.63) is 81.3 Å². The van der Waals surface area contributed by atoms with Gasteiger partial charge >= 0.3 is 0 Å². The molecule has 6 nitrogen and oxygen atoms in total. The zero-order valence-corrected chi connectivity index (χ0v) is 20.4. The van der Waals surface area contributed by atoms with Crippen molar-refractivity contribution in [2.75, 3.05) is 28.0 Å². The van der Waals surface area contributed by atoms with Crippen LogP contribution in [-0.4, -0.2) is 27.4 Å². The second kappa shape index (κ2) is 9.81. The van der Waals surface area contributed by atoms with Crippen LogP contribution in [0.2, 0.25) is 15.1 Å². The number of sulfonamides is 1. The second-order valence-corrected chi connectivity index (χ2v) is 10.5. The third-order valence-electron chi connectivity index (χ3n) is 5.26. The highest BCUT2D eigenvalue weighted by Crippen LogP contribution is 2.33. The lowest BCUT2D eigenvalue weighted by Crippen LogP contribution is -2.22. The SMILES string of the molecule is O=C(Nc1cc(S(=O)(=O)Nc2ccc(Cl)cc2)ccc1N1CCCC1)c1c(Cl)cccc1Cl. The number of anilines is 3. The van der Waals surface area contributed by atoms with E-state index in [0.717, 1.165) is 31.6 Å². The van der Waals surface area contributed by atoms with Crippen LogP contribution in [0.1, 0.15) is 23.2 Å². The fraction of sp³-hybridized carbons (Fsp3) is 0.174. The van der Waals surface area contributed by atoms with Gasteiger partial charge in [-0.3, -0.25) is 9.52 Å². The topological polar surface area (TPSA) is 78.5 Å². The third kappa shape index (κ3) is 5.38. The van der Waals surface area contributed by atoms with Crippen molar-refractivity contribution in [2.45, 2.75) is 17.7 Å². The van der Waals surface area contributed by atoms with E-state index in [1.54, 1.807) is 48.5 Å². The molecule has 2 N–H and O–H groups in total. The van der Waals surface area contributed by atoms with Gasteiger partial charge in [0.25, 0.3) is 15.9 Å². The molecule has 1 saturated heterocycles. The van der Waals surface area contributed by atoms with E-state index in [2.05, 4.69) is 14.9 Å². The summed E-state index contributed by atoms with van der Waals surface area (Å²) in [5.41, 5.74) is 1.59. The van der Waals surface area contributed by atoms with E-state index < -0.39 is 15.9 Å². The number of nitrogens with one attached hydrogen (secondary N) is 2. The molecule has 0 spiro atoms. The molecule has 3 aromatic carbocycles. The Morgan fingerprint density at radius 3 is 2.15 bits per heavy atom. The van der Waals surface area contributed by atoms with E-state index >= 15 is 0 Å². The summed E-state index contributed by atoms with van der Waals surface area (Å²) in [6.07, 6.45) is 2.03. The molecule has 1 fully saturated rings. The fourth-order valence-corrected chi connectivity index (χ4v) is 5.43. The summed E-state index contributed by atoms with van der Waals surface area (Å²) in [6, 6.07) is 15.8. The molecule has 0 unspecified atom stereocenters. The van der Waals surface area contributed by atoms with Gasteiger partial charge in [0.1, 0.15) is 0 Å². The summed E-state index contributed by atoms with van der Waals surface area (Å²) in [4.78, 5) is 15.1. The number of benzene rings is 3. The van der Waals surface area contributed by atoms with Gasteiger partial charge in [-0.1, -0.05) is 40.9 Å². The normalized spacial score (nSPS) is 13.7. The number of halogens is 3. The van der Waals surface area contributed by atoms with Gasteiger partial charge in [0.05, 0.1) is 31.9 Å². The number of hydrogen-bond donors (Lipinski definition) is 2. The van der Waals surface area contributed by atoms with Crippen LogP contribution >= 0.6 is 34.8 Å². The number of carbonyl (C=O) groups is 1. The van der Waals surface area contributed by atoms with Crippen LogP contribution < -0.4 is 14.9 Å². The molecule has 33 heavy (non-hydrogen) atoms. The molecule has 1 amide bonds. The first-order valence-corrected chi connectivity index (χ1v) is 12.8. The predicted octanol–water partition coefficient (Wildman–Crippen LogP) is 6.30. The fourth-order valence-electron chi connectivity index (χ4n) is 3.65. The van der Waals surface area contributed by atoms with Crippen LogP contribution in [0.4, 0.5) is 17.1 Å². The molecular weight excluding hydrogens is 505 g/mol. The first-order chi connectivity index (χ1) is 15.7. The summed E-state index contributed by atoms with van der Waals surface area (Å²) >= 11 is 18.3. The van der Waals surface area contributed by atoms with Crippen LogP contribution in [0.25, 0.3) is 0 Å². The second-order valence-electron chi connectivity index (χ2n) is 7.54. The van der Waals surface area contributed by atoms with Gasteiger partial charge in [0.2, 0.25) is 0 Å². The van der Waals surface area contributed by atoms with Crippen molar-refractivity contribution >= 4 is 67.8 Å². The lowest BCUT2D eigenvalue weighted by atomic mass is 10.2. The highest BCUT2D eigenvalue weighted by molar-refractivity contribution is 7.92. The Morgan fingerprint density at radius 1 is 0.879 bits per heavy atom. The van der Waals surface area contributed by atoms with Crippen molar-refractivity contribution in [1.29, 1.82) is 0 Å². The summed E-state index contributed by atoms with van der Waals surface area (Å²) in [7, 11) is -3.92. The maximum Gasteiger partial charge on any atom is 0.261 e. The van der Waals surface area contributed by atoms with E-state index in [1.165, 1.54) is 12.1 Å². The zero-order chi connectivity index (χ0) is 23.6. The van der Waals surface area contributed by atoms with Gasteiger partial charge in [-0.2, -0.15) is 0 Å². The van der Waals surface area contributed by atoms with Gasteiger partial charge < -0.3 is 10.2 Å². The van der Waals surface area contributed by atoms with Gasteiger partial charge in [-0.05, 0) is 67.4 Å². The number of rotatable bonds is 6. The highest BCUT2D eigenvalue weighted by atomic mass is 35.5. The Morgan fingerprint density at radius 2 is 1.52 bits per heavy atom. The quantitative estimate of drug-likeness (QED) is 0.397. The molecule has 0 radical (unpaired) electrons. The van der Waals surface area contributed by atoms with Crippen molar-refractivity contribution in [2.24, 2.45) is 0 Å². The molecule has 1 aliphatic heterocycles. The van der Waals surface area contributed by atoms with Crippen molar-refractivity contribution in [3.63, 3.8) is 0 Å². The average molecular weight is 525 g/mol. The molecule has 0 aliphatic carbocycles. The Balaban J connectivity index is 1.70. The van der Waals surface area contributed by atoms with Crippen LogP contribution in [0.15, 0.2) is 65.6 Å². The van der Waals surface area contributed by atoms with E-state index in [-0.39, 0.29) is 20.5 Å². The highest BCUT2D eigenvalue weighted by Gasteiger charge is 2.23. The summed E-state index contributed by atoms with van der Waals surface area (Å²) in [5.74, 6) is -0.522. The van der Waals surface area contributed by atoms with Gasteiger partial charge in [-0.15, -0.1) is 0 Å². The van der Waals surface area contributed by atoms with Crippen molar-refractivity contribution in [3.8, 4) is 0 Å². The van der Waals surface area contributed by atoms with E-state index in [9.17, 15) is 13.2 Å². The van der Waals surface area contributed by atoms with Crippen LogP contribution in [0.5, 0.6) is 0 Å². The minimum Gasteiger partial charge on any atom is -0.370 e. The minimum atomic E-state index is -3.92. The van der Waals surface area contributed by atoms with Crippen LogP contribution in [-0.2, 0) is 10.0 Å². The Hall–Kier alpha value is -2.45. The first kappa shape index (κ1) is 23.7. The molecule has 172 valence electrons. The van der Waals surface area contributed by atoms with Crippen molar-refractivity contribution in [1.82, 2.24) is 0 Å². The van der Waals surface area contributed by atoms with Gasteiger partial charge in [0, 0.05) is 23.8 Å². The maximum absolute atomic E-state index is 13.0. The number of carbonyl (C=O) groups excluding carboxylic acids is 1. The van der Waals surface area contributed by atoms with Gasteiger partial charge in [-0.25, -0.2) is 8.42 Å². The first-order valence-electron chi connectivity index (χ1n) is 10.2. The maximum atomic E-state index is 13.0. The Bertz CT molecular complexity index is 1270. The van der Waals surface area contributed by atoms with Crippen LogP contribution in [0, 0.1) is 0 Å².